The van der Waals surface area contributed by atoms with Crippen molar-refractivity contribution in [1.29, 1.82) is 0 Å². The Bertz CT molecular complexity index is 693. The molecule has 1 N–H and O–H groups in total. The van der Waals surface area contributed by atoms with E-state index in [2.05, 4.69) is 4.99 Å². The summed E-state index contributed by atoms with van der Waals surface area (Å²) in [7, 11) is 0. The Hall–Kier alpha value is -1.85. The van der Waals surface area contributed by atoms with Crippen molar-refractivity contribution in [3.05, 3.63) is 63.4 Å². The zero-order chi connectivity index (χ0) is 14.0. The van der Waals surface area contributed by atoms with E-state index in [9.17, 15) is 9.18 Å². The van der Waals surface area contributed by atoms with Gasteiger partial charge < -0.3 is 5.21 Å². The van der Waals surface area contributed by atoms with Gasteiger partial charge in [0.15, 0.2) is 5.82 Å². The molecule has 0 bridgehead atoms. The lowest BCUT2D eigenvalue weighted by Crippen LogP contribution is -2.14. The average Bonchev–Trinajstić information content (AvgIpc) is 2.32. The summed E-state index contributed by atoms with van der Waals surface area (Å²) in [4.78, 5) is 15.5. The van der Waals surface area contributed by atoms with Crippen LogP contribution in [0, 0.1) is 5.82 Å². The van der Waals surface area contributed by atoms with Gasteiger partial charge in [-0.15, -0.1) is 0 Å². The minimum Gasteiger partial charge on any atom is -0.429 e. The van der Waals surface area contributed by atoms with Crippen LogP contribution in [0.25, 0.3) is 0 Å². The number of carbonyl (C=O) groups is 1. The molecule has 1 aromatic carbocycles. The molecule has 98 valence electrons. The molecule has 7 heteroatoms. The SMILES string of the molecule is O=C(N=c1ccn(O)cc1F)c1c(Cl)cccc1Cl. The van der Waals surface area contributed by atoms with Gasteiger partial charge in [-0.2, -0.15) is 4.73 Å². The number of aromatic nitrogens is 1. The molecule has 0 saturated heterocycles. The van der Waals surface area contributed by atoms with Gasteiger partial charge in [0.05, 0.1) is 21.8 Å². The predicted molar refractivity (Wildman–Crippen MR) is 67.9 cm³/mol. The second-order valence-electron chi connectivity index (χ2n) is 3.57. The van der Waals surface area contributed by atoms with Crippen molar-refractivity contribution >= 4 is 29.1 Å². The van der Waals surface area contributed by atoms with Crippen LogP contribution in [0.1, 0.15) is 10.4 Å². The highest BCUT2D eigenvalue weighted by molar-refractivity contribution is 6.39. The van der Waals surface area contributed by atoms with Crippen molar-refractivity contribution in [1.82, 2.24) is 4.73 Å². The van der Waals surface area contributed by atoms with Gasteiger partial charge in [-0.05, 0) is 18.2 Å². The van der Waals surface area contributed by atoms with Crippen LogP contribution in [0.3, 0.4) is 0 Å². The first-order valence-electron chi connectivity index (χ1n) is 5.09. The van der Waals surface area contributed by atoms with Crippen molar-refractivity contribution in [3.63, 3.8) is 0 Å². The molecule has 0 atom stereocenters. The molecule has 2 aromatic rings. The number of halogens is 3. The van der Waals surface area contributed by atoms with E-state index in [4.69, 9.17) is 28.4 Å². The van der Waals surface area contributed by atoms with Gasteiger partial charge in [-0.1, -0.05) is 29.3 Å². The summed E-state index contributed by atoms with van der Waals surface area (Å²) in [6, 6.07) is 5.70. The maximum absolute atomic E-state index is 13.4. The van der Waals surface area contributed by atoms with Gasteiger partial charge in [0.1, 0.15) is 5.36 Å². The Kier molecular flexibility index (Phi) is 3.87. The molecular formula is C12H7Cl2FN2O2. The Labute approximate surface area is 117 Å². The third-order valence-electron chi connectivity index (χ3n) is 2.27. The van der Waals surface area contributed by atoms with Crippen LogP contribution in [0.15, 0.2) is 41.7 Å². The highest BCUT2D eigenvalue weighted by atomic mass is 35.5. The van der Waals surface area contributed by atoms with Gasteiger partial charge in [0.2, 0.25) is 0 Å². The van der Waals surface area contributed by atoms with Gasteiger partial charge in [0.25, 0.3) is 5.91 Å². The first-order chi connectivity index (χ1) is 8.99. The number of benzene rings is 1. The highest BCUT2D eigenvalue weighted by Crippen LogP contribution is 2.24. The molecule has 0 spiro atoms. The third-order valence-corrected chi connectivity index (χ3v) is 2.90. The Morgan fingerprint density at radius 1 is 1.26 bits per heavy atom. The average molecular weight is 301 g/mol. The largest absolute Gasteiger partial charge is 0.429 e. The van der Waals surface area contributed by atoms with E-state index in [1.54, 1.807) is 6.07 Å². The van der Waals surface area contributed by atoms with Crippen LogP contribution >= 0.6 is 23.2 Å². The molecule has 19 heavy (non-hydrogen) atoms. The fourth-order valence-electron chi connectivity index (χ4n) is 1.41. The Morgan fingerprint density at radius 3 is 2.47 bits per heavy atom. The lowest BCUT2D eigenvalue weighted by atomic mass is 10.2. The molecular weight excluding hydrogens is 294 g/mol. The number of hydrogen-bond acceptors (Lipinski definition) is 2. The number of rotatable bonds is 1. The van der Waals surface area contributed by atoms with E-state index in [0.717, 1.165) is 18.5 Å². The van der Waals surface area contributed by atoms with Crippen LogP contribution < -0.4 is 5.36 Å². The van der Waals surface area contributed by atoms with Crippen molar-refractivity contribution in [2.75, 3.05) is 0 Å². The van der Waals surface area contributed by atoms with Gasteiger partial charge in [0, 0.05) is 6.20 Å². The summed E-state index contributed by atoms with van der Waals surface area (Å²) in [5, 5.41) is 9.04. The minimum absolute atomic E-state index is 0.00552. The van der Waals surface area contributed by atoms with Crippen LogP contribution in [-0.4, -0.2) is 15.8 Å². The third kappa shape index (κ3) is 2.94. The van der Waals surface area contributed by atoms with Crippen molar-refractivity contribution < 1.29 is 14.4 Å². The van der Waals surface area contributed by atoms with Crippen LogP contribution in [0.4, 0.5) is 4.39 Å². The van der Waals surface area contributed by atoms with E-state index < -0.39 is 11.7 Å². The summed E-state index contributed by atoms with van der Waals surface area (Å²) in [6.45, 7) is 0. The van der Waals surface area contributed by atoms with Gasteiger partial charge in [-0.3, -0.25) is 4.79 Å². The first-order valence-corrected chi connectivity index (χ1v) is 5.85. The zero-order valence-corrected chi connectivity index (χ0v) is 10.9. The molecule has 0 aliphatic heterocycles. The van der Waals surface area contributed by atoms with Crippen molar-refractivity contribution in [3.8, 4) is 0 Å². The highest BCUT2D eigenvalue weighted by Gasteiger charge is 2.13. The number of hydrogen-bond donors (Lipinski definition) is 1. The lowest BCUT2D eigenvalue weighted by Gasteiger charge is -2.02. The number of amides is 1. The molecule has 1 aromatic heterocycles. The standard InChI is InChI=1S/C12H7Cl2FN2O2/c13-7-2-1-3-8(14)11(7)12(18)16-10-4-5-17(19)6-9(10)15/h1-6,19H. The fraction of sp³-hybridized carbons (Fsp3) is 0. The Balaban J connectivity index is 2.51. The maximum atomic E-state index is 13.4. The van der Waals surface area contributed by atoms with Crippen molar-refractivity contribution in [2.45, 2.75) is 0 Å². The molecule has 0 radical (unpaired) electrons. The van der Waals surface area contributed by atoms with E-state index in [1.807, 2.05) is 0 Å². The summed E-state index contributed by atoms with van der Waals surface area (Å²) in [5.41, 5.74) is 0.00552. The van der Waals surface area contributed by atoms with E-state index in [-0.39, 0.29) is 21.0 Å². The van der Waals surface area contributed by atoms with Crippen LogP contribution in [-0.2, 0) is 0 Å². The van der Waals surface area contributed by atoms with Gasteiger partial charge >= 0.3 is 0 Å². The zero-order valence-electron chi connectivity index (χ0n) is 9.35. The summed E-state index contributed by atoms with van der Waals surface area (Å²) >= 11 is 11.7. The van der Waals surface area contributed by atoms with Crippen LogP contribution in [0.2, 0.25) is 10.0 Å². The van der Waals surface area contributed by atoms with Crippen molar-refractivity contribution in [2.24, 2.45) is 4.99 Å². The topological polar surface area (TPSA) is 54.6 Å². The lowest BCUT2D eigenvalue weighted by molar-refractivity contribution is 0.0997. The predicted octanol–water partition coefficient (Wildman–Crippen LogP) is 2.91. The molecule has 0 saturated carbocycles. The molecule has 4 nitrogen and oxygen atoms in total. The fourth-order valence-corrected chi connectivity index (χ4v) is 1.97. The molecule has 1 heterocycles. The number of pyridine rings is 1. The van der Waals surface area contributed by atoms with Crippen LogP contribution in [0.5, 0.6) is 0 Å². The smallest absolute Gasteiger partial charge is 0.280 e. The molecule has 0 aliphatic carbocycles. The summed E-state index contributed by atoms with van der Waals surface area (Å²) < 4.78 is 14.0. The summed E-state index contributed by atoms with van der Waals surface area (Å²) in [5.74, 6) is -1.60. The second kappa shape index (κ2) is 5.42. The second-order valence-corrected chi connectivity index (χ2v) is 4.39. The minimum atomic E-state index is -0.846. The summed E-state index contributed by atoms with van der Waals surface area (Å²) in [6.07, 6.45) is 1.92. The van der Waals surface area contributed by atoms with E-state index in [1.165, 1.54) is 12.1 Å². The molecule has 0 aliphatic rings. The number of carbonyl (C=O) groups excluding carboxylic acids is 1. The molecule has 2 rings (SSSR count). The first kappa shape index (κ1) is 13.6. The molecule has 0 unspecified atom stereocenters. The quantitative estimate of drug-likeness (QED) is 0.823. The maximum Gasteiger partial charge on any atom is 0.280 e. The normalized spacial score (nSPS) is 11.6. The van der Waals surface area contributed by atoms with E-state index in [0.29, 0.717) is 4.73 Å². The number of nitrogens with zero attached hydrogens (tertiary/aromatic N) is 2. The Morgan fingerprint density at radius 2 is 1.89 bits per heavy atom. The molecule has 0 fully saturated rings. The van der Waals surface area contributed by atoms with Gasteiger partial charge in [-0.25, -0.2) is 9.38 Å². The van der Waals surface area contributed by atoms with E-state index >= 15 is 0 Å². The monoisotopic (exact) mass is 300 g/mol. The molecule has 1 amide bonds.